The summed E-state index contributed by atoms with van der Waals surface area (Å²) in [6.45, 7) is 3.92. The number of nitrogens with zero attached hydrogens (tertiary/aromatic N) is 2. The predicted octanol–water partition coefficient (Wildman–Crippen LogP) is 5.20. The molecule has 0 saturated carbocycles. The van der Waals surface area contributed by atoms with Gasteiger partial charge in [-0.15, -0.1) is 0 Å². The number of ether oxygens (including phenoxy) is 2. The lowest BCUT2D eigenvalue weighted by Gasteiger charge is -2.09. The van der Waals surface area contributed by atoms with Gasteiger partial charge in [0.05, 0.1) is 32.0 Å². The maximum absolute atomic E-state index is 12.8. The molecule has 6 heteroatoms. The zero-order chi connectivity index (χ0) is 23.0. The Balaban J connectivity index is 1.41. The molecule has 6 nitrogen and oxygen atoms in total. The molecule has 1 aromatic heterocycles. The Labute approximate surface area is 194 Å². The average Bonchev–Trinajstić information content (AvgIpc) is 3.25. The zero-order valence-electron chi connectivity index (χ0n) is 19.1. The van der Waals surface area contributed by atoms with Gasteiger partial charge in [0.2, 0.25) is 0 Å². The van der Waals surface area contributed by atoms with Crippen molar-refractivity contribution in [2.24, 2.45) is 0 Å². The fourth-order valence-corrected chi connectivity index (χ4v) is 3.60. The lowest BCUT2D eigenvalue weighted by atomic mass is 10.1. The SMILES string of the molecule is CCCCOc1ccc(CNC(=O)c2ccc3cnn(Cc4cccc(OC)c4)c3c2)cc1. The molecular weight excluding hydrogens is 414 g/mol. The third kappa shape index (κ3) is 5.71. The molecule has 0 spiro atoms. The highest BCUT2D eigenvalue weighted by atomic mass is 16.5. The number of hydrogen-bond acceptors (Lipinski definition) is 4. The van der Waals surface area contributed by atoms with Crippen LogP contribution in [0.3, 0.4) is 0 Å². The van der Waals surface area contributed by atoms with Gasteiger partial charge in [-0.1, -0.05) is 43.7 Å². The van der Waals surface area contributed by atoms with Crippen molar-refractivity contribution >= 4 is 16.8 Å². The minimum Gasteiger partial charge on any atom is -0.497 e. The Hall–Kier alpha value is -3.80. The molecule has 3 aromatic carbocycles. The van der Waals surface area contributed by atoms with Crippen LogP contribution in [0.1, 0.15) is 41.3 Å². The van der Waals surface area contributed by atoms with Crippen LogP contribution in [0.5, 0.6) is 11.5 Å². The van der Waals surface area contributed by atoms with E-state index in [2.05, 4.69) is 17.3 Å². The van der Waals surface area contributed by atoms with Crippen molar-refractivity contribution in [2.75, 3.05) is 13.7 Å². The van der Waals surface area contributed by atoms with Crippen molar-refractivity contribution in [3.05, 3.63) is 89.6 Å². The second-order valence-corrected chi connectivity index (χ2v) is 7.96. The third-order valence-electron chi connectivity index (χ3n) is 5.52. The van der Waals surface area contributed by atoms with Crippen LogP contribution in [0.2, 0.25) is 0 Å². The Morgan fingerprint density at radius 3 is 2.64 bits per heavy atom. The third-order valence-corrected chi connectivity index (χ3v) is 5.52. The standard InChI is InChI=1S/C27H29N3O3/c1-3-4-14-33-24-12-8-20(9-13-24)17-28-27(31)22-10-11-23-18-29-30(26(23)16-22)19-21-6-5-7-25(15-21)32-2/h5-13,15-16,18H,3-4,14,17,19H2,1-2H3,(H,28,31). The van der Waals surface area contributed by atoms with E-state index in [0.717, 1.165) is 53.0 Å². The van der Waals surface area contributed by atoms with Crippen molar-refractivity contribution in [2.45, 2.75) is 32.9 Å². The fourth-order valence-electron chi connectivity index (χ4n) is 3.60. The molecule has 4 aromatic rings. The van der Waals surface area contributed by atoms with Gasteiger partial charge in [0, 0.05) is 17.5 Å². The van der Waals surface area contributed by atoms with Crippen LogP contribution in [-0.2, 0) is 13.1 Å². The van der Waals surface area contributed by atoms with Crippen LogP contribution in [0.4, 0.5) is 0 Å². The van der Waals surface area contributed by atoms with E-state index in [9.17, 15) is 4.79 Å². The summed E-state index contributed by atoms with van der Waals surface area (Å²) in [7, 11) is 1.66. The normalized spacial score (nSPS) is 10.8. The van der Waals surface area contributed by atoms with E-state index in [4.69, 9.17) is 9.47 Å². The second-order valence-electron chi connectivity index (χ2n) is 7.96. The van der Waals surface area contributed by atoms with Gasteiger partial charge in [-0.05, 0) is 53.9 Å². The number of methoxy groups -OCH3 is 1. The van der Waals surface area contributed by atoms with Crippen molar-refractivity contribution in [1.82, 2.24) is 15.1 Å². The summed E-state index contributed by atoms with van der Waals surface area (Å²) >= 11 is 0. The summed E-state index contributed by atoms with van der Waals surface area (Å²) in [6, 6.07) is 21.4. The number of nitrogens with one attached hydrogen (secondary N) is 1. The molecule has 0 radical (unpaired) electrons. The van der Waals surface area contributed by atoms with Gasteiger partial charge in [-0.25, -0.2) is 0 Å². The molecule has 1 amide bonds. The highest BCUT2D eigenvalue weighted by Gasteiger charge is 2.10. The van der Waals surface area contributed by atoms with E-state index < -0.39 is 0 Å². The molecule has 4 rings (SSSR count). The number of hydrogen-bond donors (Lipinski definition) is 1. The average molecular weight is 444 g/mol. The molecule has 0 aliphatic rings. The van der Waals surface area contributed by atoms with Crippen molar-refractivity contribution in [1.29, 1.82) is 0 Å². The number of benzene rings is 3. The van der Waals surface area contributed by atoms with Crippen LogP contribution < -0.4 is 14.8 Å². The summed E-state index contributed by atoms with van der Waals surface area (Å²) in [4.78, 5) is 12.8. The molecule has 0 unspecified atom stereocenters. The van der Waals surface area contributed by atoms with Gasteiger partial charge in [-0.3, -0.25) is 9.48 Å². The molecule has 0 saturated heterocycles. The van der Waals surface area contributed by atoms with E-state index >= 15 is 0 Å². The molecule has 0 aliphatic heterocycles. The largest absolute Gasteiger partial charge is 0.497 e. The minimum absolute atomic E-state index is 0.116. The Morgan fingerprint density at radius 1 is 1.00 bits per heavy atom. The molecule has 0 atom stereocenters. The molecule has 1 N–H and O–H groups in total. The first kappa shape index (κ1) is 22.4. The smallest absolute Gasteiger partial charge is 0.251 e. The van der Waals surface area contributed by atoms with Crippen LogP contribution in [-0.4, -0.2) is 29.4 Å². The second kappa shape index (κ2) is 10.7. The number of amides is 1. The molecule has 170 valence electrons. The number of carbonyl (C=O) groups excluding carboxylic acids is 1. The first-order valence-corrected chi connectivity index (χ1v) is 11.2. The molecule has 1 heterocycles. The Kier molecular flexibility index (Phi) is 7.25. The molecule has 33 heavy (non-hydrogen) atoms. The van der Waals surface area contributed by atoms with Crippen LogP contribution >= 0.6 is 0 Å². The van der Waals surface area contributed by atoms with E-state index in [-0.39, 0.29) is 5.91 Å². The van der Waals surface area contributed by atoms with Gasteiger partial charge in [-0.2, -0.15) is 5.10 Å². The van der Waals surface area contributed by atoms with Gasteiger partial charge >= 0.3 is 0 Å². The highest BCUT2D eigenvalue weighted by Crippen LogP contribution is 2.19. The monoisotopic (exact) mass is 443 g/mol. The number of carbonyl (C=O) groups is 1. The van der Waals surface area contributed by atoms with Gasteiger partial charge in [0.1, 0.15) is 11.5 Å². The van der Waals surface area contributed by atoms with Gasteiger partial charge in [0.15, 0.2) is 0 Å². The lowest BCUT2D eigenvalue weighted by Crippen LogP contribution is -2.22. The van der Waals surface area contributed by atoms with Gasteiger partial charge in [0.25, 0.3) is 5.91 Å². The van der Waals surface area contributed by atoms with Crippen molar-refractivity contribution in [3.8, 4) is 11.5 Å². The maximum Gasteiger partial charge on any atom is 0.251 e. The van der Waals surface area contributed by atoms with Crippen LogP contribution in [0.15, 0.2) is 72.9 Å². The number of rotatable bonds is 10. The maximum atomic E-state index is 12.8. The van der Waals surface area contributed by atoms with E-state index in [0.29, 0.717) is 18.7 Å². The summed E-state index contributed by atoms with van der Waals surface area (Å²) < 4.78 is 12.9. The minimum atomic E-state index is -0.116. The number of unbranched alkanes of at least 4 members (excludes halogenated alkanes) is 1. The fraction of sp³-hybridized carbons (Fsp3) is 0.259. The van der Waals surface area contributed by atoms with E-state index in [1.54, 1.807) is 7.11 Å². The number of aromatic nitrogens is 2. The highest BCUT2D eigenvalue weighted by molar-refractivity contribution is 5.97. The lowest BCUT2D eigenvalue weighted by molar-refractivity contribution is 0.0951. The zero-order valence-corrected chi connectivity index (χ0v) is 19.1. The summed E-state index contributed by atoms with van der Waals surface area (Å²) in [5, 5.41) is 8.50. The topological polar surface area (TPSA) is 65.4 Å². The quantitative estimate of drug-likeness (QED) is 0.342. The summed E-state index contributed by atoms with van der Waals surface area (Å²) in [5.74, 6) is 1.55. The summed E-state index contributed by atoms with van der Waals surface area (Å²) in [5.41, 5.74) is 3.63. The van der Waals surface area contributed by atoms with Crippen molar-refractivity contribution < 1.29 is 14.3 Å². The molecule has 0 aliphatic carbocycles. The number of fused-ring (bicyclic) bond motifs is 1. The van der Waals surface area contributed by atoms with Crippen LogP contribution in [0.25, 0.3) is 10.9 Å². The Morgan fingerprint density at radius 2 is 1.85 bits per heavy atom. The molecule has 0 fully saturated rings. The van der Waals surface area contributed by atoms with E-state index in [1.807, 2.05) is 77.6 Å². The first-order valence-electron chi connectivity index (χ1n) is 11.2. The summed E-state index contributed by atoms with van der Waals surface area (Å²) in [6.07, 6.45) is 3.97. The van der Waals surface area contributed by atoms with Crippen molar-refractivity contribution in [3.63, 3.8) is 0 Å². The molecular formula is C27H29N3O3. The van der Waals surface area contributed by atoms with Gasteiger partial charge < -0.3 is 14.8 Å². The van der Waals surface area contributed by atoms with Crippen LogP contribution in [0, 0.1) is 0 Å². The first-order chi connectivity index (χ1) is 16.2. The van der Waals surface area contributed by atoms with E-state index in [1.165, 1.54) is 0 Å². The molecule has 0 bridgehead atoms. The predicted molar refractivity (Wildman–Crippen MR) is 130 cm³/mol. The Bertz CT molecular complexity index is 1220.